The van der Waals surface area contributed by atoms with Gasteiger partial charge in [0.1, 0.15) is 12.0 Å². The van der Waals surface area contributed by atoms with Crippen LogP contribution in [0.3, 0.4) is 0 Å². The smallest absolute Gasteiger partial charge is 0.336 e. The van der Waals surface area contributed by atoms with Crippen molar-refractivity contribution >= 4 is 23.5 Å². The van der Waals surface area contributed by atoms with Crippen LogP contribution in [-0.2, 0) is 35.0 Å². The van der Waals surface area contributed by atoms with Gasteiger partial charge >= 0.3 is 11.9 Å². The van der Waals surface area contributed by atoms with Crippen molar-refractivity contribution in [1.82, 2.24) is 16.0 Å². The van der Waals surface area contributed by atoms with Crippen molar-refractivity contribution in [3.8, 4) is 5.75 Å². The van der Waals surface area contributed by atoms with E-state index in [-0.39, 0.29) is 59.7 Å². The summed E-state index contributed by atoms with van der Waals surface area (Å²) in [6.45, 7) is 7.56. The predicted octanol–water partition coefficient (Wildman–Crippen LogP) is 3.40. The number of nitrogens with zero attached hydrogens (tertiary/aromatic N) is 1. The van der Waals surface area contributed by atoms with Crippen molar-refractivity contribution in [1.29, 1.82) is 0 Å². The lowest BCUT2D eigenvalue weighted by Crippen LogP contribution is -2.41. The van der Waals surface area contributed by atoms with Gasteiger partial charge in [-0.15, -0.1) is 0 Å². The van der Waals surface area contributed by atoms with Crippen LogP contribution in [-0.4, -0.2) is 80.2 Å². The zero-order chi connectivity index (χ0) is 36.1. The van der Waals surface area contributed by atoms with E-state index in [4.69, 9.17) is 18.9 Å². The van der Waals surface area contributed by atoms with Gasteiger partial charge in [-0.25, -0.2) is 9.59 Å². The number of nitrogens with one attached hydrogen (secondary N) is 3. The number of non-ortho nitro benzene ring substituents is 1. The molecule has 14 nitrogen and oxygen atoms in total. The molecule has 2 aromatic carbocycles. The number of nitro groups is 1. The Kier molecular flexibility index (Phi) is 14.7. The molecule has 1 aliphatic heterocycles. The highest BCUT2D eigenvalue weighted by molar-refractivity contribution is 6.00. The van der Waals surface area contributed by atoms with Crippen molar-refractivity contribution in [3.63, 3.8) is 0 Å². The van der Waals surface area contributed by atoms with E-state index in [2.05, 4.69) is 16.0 Å². The number of ether oxygens (including phenoxy) is 4. The lowest BCUT2D eigenvalue weighted by atomic mass is 9.80. The van der Waals surface area contributed by atoms with E-state index in [0.29, 0.717) is 30.8 Å². The van der Waals surface area contributed by atoms with Crippen LogP contribution in [0.5, 0.6) is 5.75 Å². The molecule has 0 radical (unpaired) electrons. The highest BCUT2D eigenvalue weighted by atomic mass is 16.6. The van der Waals surface area contributed by atoms with Crippen LogP contribution < -0.4 is 20.7 Å². The molecule has 2 atom stereocenters. The molecular weight excluding hydrogens is 636 g/mol. The Balaban J connectivity index is 1.84. The van der Waals surface area contributed by atoms with E-state index in [0.717, 1.165) is 5.56 Å². The first-order valence-electron chi connectivity index (χ1n) is 16.0. The topological polar surface area (TPSA) is 188 Å². The van der Waals surface area contributed by atoms with E-state index in [1.807, 2.05) is 44.2 Å². The van der Waals surface area contributed by atoms with Crippen LogP contribution in [0.25, 0.3) is 0 Å². The number of esters is 2. The number of aliphatic hydroxyl groups is 1. The van der Waals surface area contributed by atoms with Crippen LogP contribution in [0.2, 0.25) is 0 Å². The zero-order valence-corrected chi connectivity index (χ0v) is 28.7. The SMILES string of the molecule is COC(=O)C1=C(C)NC(C)=C(C(=O)OC)C1c1cc([N+](=O)[O-])ccc1OCCCC(NC(=O)Cc1ccccc1)OCC(O)CNC(C)C. The van der Waals surface area contributed by atoms with Crippen LogP contribution >= 0.6 is 0 Å². The maximum absolute atomic E-state index is 13.0. The number of carbonyl (C=O) groups is 3. The second-order valence-electron chi connectivity index (χ2n) is 11.9. The number of amides is 1. The predicted molar refractivity (Wildman–Crippen MR) is 180 cm³/mol. The van der Waals surface area contributed by atoms with Crippen molar-refractivity contribution in [2.75, 3.05) is 34.0 Å². The Morgan fingerprint density at radius 3 is 2.20 bits per heavy atom. The molecule has 0 spiro atoms. The standard InChI is InChI=1S/C35H46N4O10/c1-21(2)36-19-26(40)20-49-30(38-29(41)17-24-11-8-7-9-12-24)13-10-16-48-28-15-14-25(39(44)45)18-27(28)33-31(34(42)46-5)22(3)37-23(4)32(33)35(43)47-6/h7-9,11-12,14-15,18,21,26,30,33,36-37,40H,10,13,16-17,19-20H2,1-6H3,(H,38,41). The van der Waals surface area contributed by atoms with Gasteiger partial charge in [0.05, 0.1) is 61.9 Å². The average Bonchev–Trinajstić information content (AvgIpc) is 3.07. The van der Waals surface area contributed by atoms with E-state index in [1.165, 1.54) is 32.4 Å². The van der Waals surface area contributed by atoms with Crippen molar-refractivity contribution in [2.24, 2.45) is 0 Å². The summed E-state index contributed by atoms with van der Waals surface area (Å²) in [5.74, 6) is -2.64. The summed E-state index contributed by atoms with van der Waals surface area (Å²) >= 11 is 0. The highest BCUT2D eigenvalue weighted by Gasteiger charge is 2.39. The summed E-state index contributed by atoms with van der Waals surface area (Å²) in [4.78, 5) is 50.2. The molecule has 0 aromatic heterocycles. The number of benzene rings is 2. The van der Waals surface area contributed by atoms with E-state index < -0.39 is 35.1 Å². The molecule has 0 aliphatic carbocycles. The van der Waals surface area contributed by atoms with Gasteiger partial charge in [0.15, 0.2) is 0 Å². The lowest BCUT2D eigenvalue weighted by Gasteiger charge is -2.30. The molecule has 3 rings (SSSR count). The Morgan fingerprint density at radius 1 is 1.00 bits per heavy atom. The van der Waals surface area contributed by atoms with Crippen LogP contribution in [0.1, 0.15) is 57.6 Å². The number of rotatable bonds is 18. The fraction of sp³-hybridized carbons (Fsp3) is 0.457. The van der Waals surface area contributed by atoms with Crippen LogP contribution in [0.15, 0.2) is 71.1 Å². The fourth-order valence-electron chi connectivity index (χ4n) is 5.39. The number of dihydropyridines is 1. The number of carbonyl (C=O) groups excluding carboxylic acids is 3. The molecular formula is C35H46N4O10. The minimum Gasteiger partial charge on any atom is -0.493 e. The third-order valence-electron chi connectivity index (χ3n) is 7.74. The Labute approximate surface area is 286 Å². The zero-order valence-electron chi connectivity index (χ0n) is 28.7. The summed E-state index contributed by atoms with van der Waals surface area (Å²) in [5.41, 5.74) is 1.69. The average molecular weight is 683 g/mol. The van der Waals surface area contributed by atoms with Crippen LogP contribution in [0.4, 0.5) is 5.69 Å². The van der Waals surface area contributed by atoms with Crippen molar-refractivity contribution < 1.29 is 43.4 Å². The van der Waals surface area contributed by atoms with Gasteiger partial charge in [0, 0.05) is 41.7 Å². The Bertz CT molecular complexity index is 1500. The molecule has 1 aliphatic rings. The largest absolute Gasteiger partial charge is 0.493 e. The number of nitro benzene ring substituents is 1. The summed E-state index contributed by atoms with van der Waals surface area (Å²) in [6.07, 6.45) is -0.749. The third-order valence-corrected chi connectivity index (χ3v) is 7.74. The molecule has 2 aromatic rings. The van der Waals surface area contributed by atoms with Gasteiger partial charge in [-0.1, -0.05) is 44.2 Å². The molecule has 266 valence electrons. The molecule has 0 saturated heterocycles. The van der Waals surface area contributed by atoms with Crippen LogP contribution in [0, 0.1) is 10.1 Å². The second kappa shape index (κ2) is 18.7. The van der Waals surface area contributed by atoms with Gasteiger partial charge in [0.25, 0.3) is 5.69 Å². The van der Waals surface area contributed by atoms with E-state index in [9.17, 15) is 29.6 Å². The Hall–Kier alpha value is -4.79. The number of methoxy groups -OCH3 is 2. The fourth-order valence-corrected chi connectivity index (χ4v) is 5.39. The summed E-state index contributed by atoms with van der Waals surface area (Å²) in [7, 11) is 2.40. The molecule has 0 fully saturated rings. The number of hydrogen-bond donors (Lipinski definition) is 4. The number of allylic oxidation sites excluding steroid dienone is 2. The minimum atomic E-state index is -1.11. The molecule has 0 bridgehead atoms. The normalized spacial score (nSPS) is 14.6. The maximum atomic E-state index is 13.0. The first-order chi connectivity index (χ1) is 23.4. The number of aliphatic hydroxyl groups excluding tert-OH is 1. The van der Waals surface area contributed by atoms with Gasteiger partial charge in [0.2, 0.25) is 5.91 Å². The molecule has 49 heavy (non-hydrogen) atoms. The van der Waals surface area contributed by atoms with E-state index >= 15 is 0 Å². The maximum Gasteiger partial charge on any atom is 0.336 e. The number of hydrogen-bond acceptors (Lipinski definition) is 12. The first-order valence-corrected chi connectivity index (χ1v) is 16.0. The second-order valence-corrected chi connectivity index (χ2v) is 11.9. The quantitative estimate of drug-likeness (QED) is 0.0591. The Morgan fingerprint density at radius 2 is 1.63 bits per heavy atom. The third kappa shape index (κ3) is 11.1. The monoisotopic (exact) mass is 682 g/mol. The lowest BCUT2D eigenvalue weighted by molar-refractivity contribution is -0.384. The summed E-state index contributed by atoms with van der Waals surface area (Å²) in [6, 6.07) is 13.4. The summed E-state index contributed by atoms with van der Waals surface area (Å²) in [5, 5.41) is 31.2. The van der Waals surface area contributed by atoms with E-state index in [1.54, 1.807) is 13.8 Å². The molecule has 2 unspecified atom stereocenters. The van der Waals surface area contributed by atoms with Crippen molar-refractivity contribution in [2.45, 2.75) is 71.2 Å². The molecule has 1 amide bonds. The van der Waals surface area contributed by atoms with Gasteiger partial charge < -0.3 is 40.0 Å². The minimum absolute atomic E-state index is 0.0247. The van der Waals surface area contributed by atoms with Gasteiger partial charge in [-0.2, -0.15) is 0 Å². The summed E-state index contributed by atoms with van der Waals surface area (Å²) < 4.78 is 22.1. The van der Waals surface area contributed by atoms with Gasteiger partial charge in [-0.3, -0.25) is 14.9 Å². The molecule has 1 heterocycles. The molecule has 0 saturated carbocycles. The molecule has 4 N–H and O–H groups in total. The molecule has 14 heteroatoms. The first kappa shape index (κ1) is 38.7. The van der Waals surface area contributed by atoms with Gasteiger partial charge in [-0.05, 0) is 38.3 Å². The van der Waals surface area contributed by atoms with Crippen molar-refractivity contribution in [3.05, 3.63) is 92.3 Å². The highest BCUT2D eigenvalue weighted by Crippen LogP contribution is 2.44.